The molecule has 1 heterocycles. The molecule has 1 aromatic rings. The maximum absolute atomic E-state index is 13.1. The molecule has 7 nitrogen and oxygen atoms in total. The number of rotatable bonds is 10. The van der Waals surface area contributed by atoms with Crippen molar-refractivity contribution < 1.29 is 24.7 Å². The van der Waals surface area contributed by atoms with Crippen molar-refractivity contribution >= 4 is 29.4 Å². The second-order valence-corrected chi connectivity index (χ2v) is 10.00. The molecule has 166 valence electrons. The molecule has 3 aliphatic rings. The third kappa shape index (κ3) is 6.20. The van der Waals surface area contributed by atoms with Crippen molar-refractivity contribution in [2.24, 2.45) is 23.5 Å². The third-order valence-corrected chi connectivity index (χ3v) is 7.60. The van der Waals surface area contributed by atoms with Crippen molar-refractivity contribution in [3.8, 4) is 0 Å². The zero-order valence-corrected chi connectivity index (χ0v) is 18.1. The number of Topliss-reactive ketones (excluding diaryl/α,β-unsaturated/α-hetero) is 2. The van der Waals surface area contributed by atoms with Crippen molar-refractivity contribution in [2.75, 3.05) is 0 Å². The molecule has 0 amide bonds. The molecule has 5 N–H and O–H groups in total. The number of ketones is 2. The lowest BCUT2D eigenvalue weighted by Crippen LogP contribution is -2.37. The van der Waals surface area contributed by atoms with E-state index in [9.17, 15) is 9.59 Å². The third-order valence-electron chi connectivity index (χ3n) is 6.31. The standard InChI is InChI=1S/C21H30N2O3S.CH2O2/c22-20(23-26)10-13-4-8-18-15(9-13)21(16(24)7-3-12-1-2-12)19(27-18)11-17(25)14-5-6-14;2-1-3/h12-14,20,23,26H,1-11,22H2;1H,(H,2,3). The smallest absolute Gasteiger partial charge is 0.290 e. The predicted molar refractivity (Wildman–Crippen MR) is 114 cm³/mol. The zero-order valence-electron chi connectivity index (χ0n) is 17.3. The molecule has 0 bridgehead atoms. The number of hydrogen-bond acceptors (Lipinski definition) is 7. The van der Waals surface area contributed by atoms with Gasteiger partial charge in [-0.25, -0.2) is 0 Å². The molecule has 1 aromatic heterocycles. The number of carboxylic acid groups (broad SMARTS) is 1. The Morgan fingerprint density at radius 1 is 1.20 bits per heavy atom. The molecular formula is C22H32N2O5S. The van der Waals surface area contributed by atoms with Gasteiger partial charge in [0, 0.05) is 34.1 Å². The Morgan fingerprint density at radius 3 is 2.50 bits per heavy atom. The Labute approximate surface area is 181 Å². The summed E-state index contributed by atoms with van der Waals surface area (Å²) < 4.78 is 0. The topological polar surface area (TPSA) is 130 Å². The molecule has 30 heavy (non-hydrogen) atoms. The Bertz CT molecular complexity index is 770. The average molecular weight is 437 g/mol. The van der Waals surface area contributed by atoms with Crippen LogP contribution in [-0.4, -0.2) is 34.5 Å². The molecule has 4 rings (SSSR count). The minimum atomic E-state index is -0.430. The van der Waals surface area contributed by atoms with Gasteiger partial charge in [-0.3, -0.25) is 14.4 Å². The lowest BCUT2D eigenvalue weighted by Gasteiger charge is -2.25. The van der Waals surface area contributed by atoms with Gasteiger partial charge < -0.3 is 16.0 Å². The predicted octanol–water partition coefficient (Wildman–Crippen LogP) is 3.10. The van der Waals surface area contributed by atoms with Crippen LogP contribution in [0.25, 0.3) is 0 Å². The van der Waals surface area contributed by atoms with Gasteiger partial charge in [-0.05, 0) is 62.3 Å². The largest absolute Gasteiger partial charge is 0.483 e. The molecule has 0 radical (unpaired) electrons. The van der Waals surface area contributed by atoms with Gasteiger partial charge in [-0.2, -0.15) is 5.48 Å². The van der Waals surface area contributed by atoms with E-state index in [1.54, 1.807) is 11.3 Å². The van der Waals surface area contributed by atoms with Crippen LogP contribution in [0.3, 0.4) is 0 Å². The van der Waals surface area contributed by atoms with Crippen LogP contribution in [-0.2, 0) is 28.9 Å². The normalized spacial score (nSPS) is 21.2. The SMILES string of the molecule is NC(CC1CCc2sc(CC(=O)C3CC3)c(C(=O)CCC3CC3)c2C1)NO.O=CO. The highest BCUT2D eigenvalue weighted by Gasteiger charge is 2.34. The summed E-state index contributed by atoms with van der Waals surface area (Å²) in [6.45, 7) is -0.250. The van der Waals surface area contributed by atoms with E-state index in [1.807, 2.05) is 0 Å². The van der Waals surface area contributed by atoms with Gasteiger partial charge in [-0.1, -0.05) is 12.8 Å². The van der Waals surface area contributed by atoms with Gasteiger partial charge >= 0.3 is 0 Å². The first-order valence-corrected chi connectivity index (χ1v) is 11.7. The van der Waals surface area contributed by atoms with Crippen LogP contribution in [0.2, 0.25) is 0 Å². The number of fused-ring (bicyclic) bond motifs is 1. The fourth-order valence-corrected chi connectivity index (χ4v) is 5.73. The van der Waals surface area contributed by atoms with Crippen LogP contribution in [0, 0.1) is 17.8 Å². The van der Waals surface area contributed by atoms with Crippen LogP contribution in [0.1, 0.15) is 77.0 Å². The Hall–Kier alpha value is -1.61. The van der Waals surface area contributed by atoms with E-state index in [0.717, 1.165) is 54.9 Å². The number of hydroxylamine groups is 1. The number of carbonyl (C=O) groups excluding carboxylic acids is 2. The molecule has 3 aliphatic carbocycles. The number of hydrogen-bond donors (Lipinski definition) is 4. The molecule has 8 heteroatoms. The van der Waals surface area contributed by atoms with E-state index in [-0.39, 0.29) is 18.2 Å². The summed E-state index contributed by atoms with van der Waals surface area (Å²) >= 11 is 1.70. The number of aryl methyl sites for hydroxylation is 1. The van der Waals surface area contributed by atoms with Crippen molar-refractivity contribution in [1.29, 1.82) is 0 Å². The second-order valence-electron chi connectivity index (χ2n) is 8.81. The molecule has 0 saturated heterocycles. The summed E-state index contributed by atoms with van der Waals surface area (Å²) in [6, 6.07) is 0. The van der Waals surface area contributed by atoms with Crippen molar-refractivity contribution in [1.82, 2.24) is 5.48 Å². The van der Waals surface area contributed by atoms with E-state index in [0.29, 0.717) is 31.0 Å². The van der Waals surface area contributed by atoms with Gasteiger partial charge in [0.1, 0.15) is 5.78 Å². The monoisotopic (exact) mass is 436 g/mol. The van der Waals surface area contributed by atoms with Gasteiger partial charge in [0.25, 0.3) is 6.47 Å². The van der Waals surface area contributed by atoms with Crippen LogP contribution in [0.4, 0.5) is 0 Å². The van der Waals surface area contributed by atoms with Crippen LogP contribution >= 0.6 is 11.3 Å². The highest BCUT2D eigenvalue weighted by Crippen LogP contribution is 2.41. The molecule has 2 atom stereocenters. The molecular weight excluding hydrogens is 404 g/mol. The number of nitrogens with one attached hydrogen (secondary N) is 1. The summed E-state index contributed by atoms with van der Waals surface area (Å²) in [5.74, 6) is 1.89. The van der Waals surface area contributed by atoms with Crippen molar-refractivity contribution in [3.05, 3.63) is 20.9 Å². The highest BCUT2D eigenvalue weighted by molar-refractivity contribution is 7.12. The zero-order chi connectivity index (χ0) is 21.7. The Balaban J connectivity index is 0.000000806. The Kier molecular flexibility index (Phi) is 8.16. The summed E-state index contributed by atoms with van der Waals surface area (Å²) in [5, 5.41) is 15.9. The quantitative estimate of drug-likeness (QED) is 0.192. The van der Waals surface area contributed by atoms with E-state index in [2.05, 4.69) is 5.48 Å². The highest BCUT2D eigenvalue weighted by atomic mass is 32.1. The maximum Gasteiger partial charge on any atom is 0.290 e. The minimum Gasteiger partial charge on any atom is -0.483 e. The maximum atomic E-state index is 13.1. The summed E-state index contributed by atoms with van der Waals surface area (Å²) in [6.07, 6.45) is 9.66. The van der Waals surface area contributed by atoms with Gasteiger partial charge in [-0.15, -0.1) is 11.3 Å². The second kappa shape index (κ2) is 10.6. The summed E-state index contributed by atoms with van der Waals surface area (Å²) in [5.41, 5.74) is 10.0. The minimum absolute atomic E-state index is 0.236. The van der Waals surface area contributed by atoms with Crippen molar-refractivity contribution in [2.45, 2.75) is 76.8 Å². The average Bonchev–Trinajstić information content (AvgIpc) is 3.63. The van der Waals surface area contributed by atoms with Gasteiger partial charge in [0.15, 0.2) is 5.78 Å². The van der Waals surface area contributed by atoms with E-state index in [1.165, 1.54) is 23.3 Å². The summed E-state index contributed by atoms with van der Waals surface area (Å²) in [4.78, 5) is 36.2. The molecule has 0 aromatic carbocycles. The van der Waals surface area contributed by atoms with Crippen LogP contribution in [0.5, 0.6) is 0 Å². The van der Waals surface area contributed by atoms with Gasteiger partial charge in [0.2, 0.25) is 0 Å². The number of thiophene rings is 1. The van der Waals surface area contributed by atoms with Gasteiger partial charge in [0.05, 0.1) is 6.17 Å². The first kappa shape index (κ1) is 23.1. The van der Waals surface area contributed by atoms with Crippen LogP contribution in [0.15, 0.2) is 0 Å². The summed E-state index contributed by atoms with van der Waals surface area (Å²) in [7, 11) is 0. The molecule has 0 spiro atoms. The molecule has 2 saturated carbocycles. The van der Waals surface area contributed by atoms with Crippen LogP contribution < -0.4 is 11.2 Å². The first-order valence-electron chi connectivity index (χ1n) is 10.9. The fraction of sp³-hybridized carbons (Fsp3) is 0.682. The van der Waals surface area contributed by atoms with Crippen molar-refractivity contribution in [3.63, 3.8) is 0 Å². The van der Waals surface area contributed by atoms with E-state index < -0.39 is 6.17 Å². The number of nitrogens with two attached hydrogens (primary N) is 1. The first-order chi connectivity index (χ1) is 14.5. The Morgan fingerprint density at radius 2 is 1.90 bits per heavy atom. The number of carbonyl (C=O) groups is 3. The lowest BCUT2D eigenvalue weighted by atomic mass is 9.82. The van der Waals surface area contributed by atoms with E-state index in [4.69, 9.17) is 20.8 Å². The van der Waals surface area contributed by atoms with E-state index >= 15 is 0 Å². The lowest BCUT2D eigenvalue weighted by molar-refractivity contribution is -0.123. The molecule has 0 aliphatic heterocycles. The molecule has 2 unspecified atom stereocenters. The molecule has 2 fully saturated rings. The fourth-order valence-electron chi connectivity index (χ4n) is 4.35.